The Morgan fingerprint density at radius 3 is 2.60 bits per heavy atom. The van der Waals surface area contributed by atoms with E-state index >= 15 is 0 Å². The average molecular weight is 288 g/mol. The molecule has 0 bridgehead atoms. The minimum absolute atomic E-state index is 0.0404. The Hall–Kier alpha value is -0.990. The van der Waals surface area contributed by atoms with Crippen molar-refractivity contribution in [3.05, 3.63) is 11.6 Å². The summed E-state index contributed by atoms with van der Waals surface area (Å²) >= 11 is 0. The molecule has 2 rings (SSSR count). The van der Waals surface area contributed by atoms with Gasteiger partial charge in [-0.1, -0.05) is 0 Å². The van der Waals surface area contributed by atoms with Crippen molar-refractivity contribution in [3.63, 3.8) is 0 Å². The normalized spacial score (nSPS) is 35.4. The smallest absolute Gasteiger partial charge is 0.336 e. The van der Waals surface area contributed by atoms with Crippen LogP contribution in [0.4, 0.5) is 0 Å². The van der Waals surface area contributed by atoms with Crippen LogP contribution in [0.2, 0.25) is 0 Å². The van der Waals surface area contributed by atoms with E-state index in [9.17, 15) is 9.90 Å². The zero-order valence-corrected chi connectivity index (χ0v) is 12.0. The highest BCUT2D eigenvalue weighted by Crippen LogP contribution is 2.38. The van der Waals surface area contributed by atoms with Crippen LogP contribution in [0.5, 0.6) is 0 Å². The first-order valence-electron chi connectivity index (χ1n) is 6.34. The van der Waals surface area contributed by atoms with Gasteiger partial charge in [0, 0.05) is 7.11 Å². The van der Waals surface area contributed by atoms with Crippen molar-refractivity contribution in [2.75, 3.05) is 21.0 Å². The SMILES string of the molecule is COCO[C@H]1C=C(C(=O)OC)[C@H](O)[C@H]2OC(C)(C)O[C@H]21. The minimum Gasteiger partial charge on any atom is -0.466 e. The molecule has 1 heterocycles. The third-order valence-electron chi connectivity index (χ3n) is 3.26. The highest BCUT2D eigenvalue weighted by atomic mass is 16.8. The van der Waals surface area contributed by atoms with Gasteiger partial charge in [0.15, 0.2) is 5.79 Å². The monoisotopic (exact) mass is 288 g/mol. The van der Waals surface area contributed by atoms with Gasteiger partial charge >= 0.3 is 5.97 Å². The fraction of sp³-hybridized carbons (Fsp3) is 0.769. The Kier molecular flexibility index (Phi) is 4.46. The summed E-state index contributed by atoms with van der Waals surface area (Å²) < 4.78 is 26.4. The minimum atomic E-state index is -1.11. The van der Waals surface area contributed by atoms with E-state index in [4.69, 9.17) is 18.9 Å². The molecule has 0 radical (unpaired) electrons. The van der Waals surface area contributed by atoms with Gasteiger partial charge in [-0.15, -0.1) is 0 Å². The van der Waals surface area contributed by atoms with Gasteiger partial charge in [-0.3, -0.25) is 0 Å². The molecule has 1 saturated heterocycles. The summed E-state index contributed by atoms with van der Waals surface area (Å²) in [5, 5.41) is 10.3. The van der Waals surface area contributed by atoms with Crippen molar-refractivity contribution in [3.8, 4) is 0 Å². The Morgan fingerprint density at radius 2 is 2.00 bits per heavy atom. The molecule has 0 aromatic heterocycles. The maximum Gasteiger partial charge on any atom is 0.336 e. The van der Waals surface area contributed by atoms with Gasteiger partial charge in [0.2, 0.25) is 0 Å². The first-order valence-corrected chi connectivity index (χ1v) is 6.34. The Balaban J connectivity index is 2.27. The van der Waals surface area contributed by atoms with Crippen molar-refractivity contribution >= 4 is 5.97 Å². The first kappa shape index (κ1) is 15.4. The highest BCUT2D eigenvalue weighted by molar-refractivity contribution is 5.90. The number of carbonyl (C=O) groups excluding carboxylic acids is 1. The lowest BCUT2D eigenvalue weighted by Crippen LogP contribution is -2.49. The Bertz CT molecular complexity index is 404. The topological polar surface area (TPSA) is 83.5 Å². The van der Waals surface area contributed by atoms with Crippen LogP contribution in [-0.2, 0) is 28.5 Å². The number of aliphatic hydroxyl groups excluding tert-OH is 1. The highest BCUT2D eigenvalue weighted by Gasteiger charge is 2.52. The van der Waals surface area contributed by atoms with Crippen LogP contribution in [0.1, 0.15) is 13.8 Å². The lowest BCUT2D eigenvalue weighted by Gasteiger charge is -2.32. The van der Waals surface area contributed by atoms with E-state index in [-0.39, 0.29) is 12.4 Å². The fourth-order valence-corrected chi connectivity index (χ4v) is 2.46. The van der Waals surface area contributed by atoms with Gasteiger partial charge in [0.25, 0.3) is 0 Å². The lowest BCUT2D eigenvalue weighted by molar-refractivity contribution is -0.164. The summed E-state index contributed by atoms with van der Waals surface area (Å²) in [6.07, 6.45) is -1.37. The van der Waals surface area contributed by atoms with Crippen LogP contribution < -0.4 is 0 Å². The Labute approximate surface area is 117 Å². The van der Waals surface area contributed by atoms with Crippen molar-refractivity contribution < 1.29 is 33.6 Å². The van der Waals surface area contributed by atoms with E-state index in [1.165, 1.54) is 20.3 Å². The molecule has 1 N–H and O–H groups in total. The number of fused-ring (bicyclic) bond motifs is 1. The number of ether oxygens (including phenoxy) is 5. The molecule has 114 valence electrons. The van der Waals surface area contributed by atoms with Crippen LogP contribution in [0.25, 0.3) is 0 Å². The molecule has 7 heteroatoms. The second-order valence-electron chi connectivity index (χ2n) is 5.16. The van der Waals surface area contributed by atoms with Gasteiger partial charge in [-0.2, -0.15) is 0 Å². The van der Waals surface area contributed by atoms with Crippen molar-refractivity contribution in [2.45, 2.75) is 44.1 Å². The van der Waals surface area contributed by atoms with E-state index in [0.717, 1.165) is 0 Å². The van der Waals surface area contributed by atoms with Crippen LogP contribution >= 0.6 is 0 Å². The van der Waals surface area contributed by atoms with Gasteiger partial charge in [-0.25, -0.2) is 4.79 Å². The van der Waals surface area contributed by atoms with Gasteiger partial charge < -0.3 is 28.8 Å². The van der Waals surface area contributed by atoms with Crippen LogP contribution in [0, 0.1) is 0 Å². The molecule has 7 nitrogen and oxygen atoms in total. The molecule has 4 atom stereocenters. The van der Waals surface area contributed by atoms with Crippen molar-refractivity contribution in [1.82, 2.24) is 0 Å². The zero-order valence-electron chi connectivity index (χ0n) is 12.0. The fourth-order valence-electron chi connectivity index (χ4n) is 2.46. The first-order chi connectivity index (χ1) is 9.39. The molecule has 0 aromatic rings. The molecule has 2 aliphatic rings. The Morgan fingerprint density at radius 1 is 1.35 bits per heavy atom. The van der Waals surface area contributed by atoms with Crippen LogP contribution in [0.15, 0.2) is 11.6 Å². The van der Waals surface area contributed by atoms with Crippen LogP contribution in [0.3, 0.4) is 0 Å². The number of hydrogen-bond acceptors (Lipinski definition) is 7. The standard InChI is InChI=1S/C13H20O7/c1-13(2)19-10-8(18-6-16-3)5-7(12(15)17-4)9(14)11(10)20-13/h5,8-11,14H,6H2,1-4H3/t8-,9-,10-,11+/m0/s1. The van der Waals surface area contributed by atoms with Gasteiger partial charge in [0.1, 0.15) is 31.2 Å². The maximum absolute atomic E-state index is 11.7. The summed E-state index contributed by atoms with van der Waals surface area (Å²) in [6.45, 7) is 3.52. The molecule has 20 heavy (non-hydrogen) atoms. The van der Waals surface area contributed by atoms with E-state index in [2.05, 4.69) is 4.74 Å². The largest absolute Gasteiger partial charge is 0.466 e. The second-order valence-corrected chi connectivity index (χ2v) is 5.16. The summed E-state index contributed by atoms with van der Waals surface area (Å²) in [5.41, 5.74) is 0.108. The number of carbonyl (C=O) groups is 1. The van der Waals surface area contributed by atoms with E-state index in [1.54, 1.807) is 13.8 Å². The number of esters is 1. The molecule has 0 spiro atoms. The van der Waals surface area contributed by atoms with Crippen molar-refractivity contribution in [1.29, 1.82) is 0 Å². The predicted octanol–water partition coefficient (Wildman–Crippen LogP) is -0.0305. The molecule has 0 aromatic carbocycles. The number of rotatable bonds is 4. The van der Waals surface area contributed by atoms with E-state index < -0.39 is 36.2 Å². The van der Waals surface area contributed by atoms with E-state index in [0.29, 0.717) is 0 Å². The van der Waals surface area contributed by atoms with Gasteiger partial charge in [-0.05, 0) is 19.9 Å². The third kappa shape index (κ3) is 2.87. The number of aliphatic hydroxyl groups is 1. The molecular formula is C13H20O7. The molecule has 0 unspecified atom stereocenters. The molecule has 0 saturated carbocycles. The summed E-state index contributed by atoms with van der Waals surface area (Å²) in [4.78, 5) is 11.7. The quantitative estimate of drug-likeness (QED) is 0.574. The molecular weight excluding hydrogens is 268 g/mol. The number of methoxy groups -OCH3 is 2. The summed E-state index contributed by atoms with van der Waals surface area (Å²) in [7, 11) is 2.75. The van der Waals surface area contributed by atoms with E-state index in [1.807, 2.05) is 0 Å². The van der Waals surface area contributed by atoms with Crippen molar-refractivity contribution in [2.24, 2.45) is 0 Å². The molecule has 1 aliphatic carbocycles. The average Bonchev–Trinajstić information content (AvgIpc) is 2.73. The summed E-state index contributed by atoms with van der Waals surface area (Å²) in [5.74, 6) is -1.47. The molecule has 1 aliphatic heterocycles. The number of hydrogen-bond donors (Lipinski definition) is 1. The second kappa shape index (κ2) is 5.79. The maximum atomic E-state index is 11.7. The third-order valence-corrected chi connectivity index (χ3v) is 3.26. The zero-order chi connectivity index (χ0) is 14.9. The lowest BCUT2D eigenvalue weighted by atomic mass is 9.89. The summed E-state index contributed by atoms with van der Waals surface area (Å²) in [6, 6.07) is 0. The van der Waals surface area contributed by atoms with Crippen LogP contribution in [-0.4, -0.2) is 62.3 Å². The molecule has 1 fully saturated rings. The van der Waals surface area contributed by atoms with Gasteiger partial charge in [0.05, 0.1) is 12.7 Å². The predicted molar refractivity (Wildman–Crippen MR) is 66.7 cm³/mol. The molecule has 0 amide bonds.